The summed E-state index contributed by atoms with van der Waals surface area (Å²) in [6.07, 6.45) is 2.29. The SMILES string of the molecule is Cc1c(C2=C(C(=O)O)N3C(=O)[C@H]([C@@H](C)O)[C@H]3[C@H]2C)sc2cn(C(N)=O)c[n+]12.[I-]. The summed E-state index contributed by atoms with van der Waals surface area (Å²) in [6, 6.07) is -0.976. The molecule has 28 heavy (non-hydrogen) atoms. The number of carbonyl (C=O) groups is 3. The molecule has 4 heterocycles. The second kappa shape index (κ2) is 6.81. The Labute approximate surface area is 181 Å². The van der Waals surface area contributed by atoms with E-state index < -0.39 is 24.0 Å². The van der Waals surface area contributed by atoms with Gasteiger partial charge in [-0.05, 0) is 13.8 Å². The lowest BCUT2D eigenvalue weighted by atomic mass is 9.77. The highest BCUT2D eigenvalue weighted by atomic mass is 127. The van der Waals surface area contributed by atoms with Crippen LogP contribution in [0.5, 0.6) is 0 Å². The number of hydrogen-bond donors (Lipinski definition) is 3. The number of aryl methyl sites for hydroxylation is 1. The number of fused-ring (bicyclic) bond motifs is 2. The molecule has 4 rings (SSSR count). The quantitative estimate of drug-likeness (QED) is 0.230. The molecule has 2 amide bonds. The van der Waals surface area contributed by atoms with E-state index in [1.54, 1.807) is 23.8 Å². The minimum atomic E-state index is -1.17. The first kappa shape index (κ1) is 20.7. The Morgan fingerprint density at radius 2 is 2.04 bits per heavy atom. The number of aliphatic hydroxyl groups is 1. The monoisotopic (exact) mass is 518 g/mol. The number of thiazole rings is 1. The van der Waals surface area contributed by atoms with Gasteiger partial charge in [0.1, 0.15) is 11.4 Å². The summed E-state index contributed by atoms with van der Waals surface area (Å²) in [4.78, 5) is 38.6. The van der Waals surface area contributed by atoms with Gasteiger partial charge in [0.15, 0.2) is 6.20 Å². The molecular weight excluding hydrogens is 499 g/mol. The fourth-order valence-corrected chi connectivity index (χ4v) is 5.54. The molecule has 11 heteroatoms. The van der Waals surface area contributed by atoms with E-state index in [1.165, 1.54) is 20.8 Å². The predicted molar refractivity (Wildman–Crippen MR) is 94.7 cm³/mol. The maximum atomic E-state index is 12.5. The van der Waals surface area contributed by atoms with Crippen molar-refractivity contribution in [1.82, 2.24) is 9.47 Å². The number of halogens is 1. The van der Waals surface area contributed by atoms with E-state index >= 15 is 0 Å². The van der Waals surface area contributed by atoms with Crippen molar-refractivity contribution in [2.24, 2.45) is 17.6 Å². The van der Waals surface area contributed by atoms with Crippen LogP contribution in [0.4, 0.5) is 4.79 Å². The van der Waals surface area contributed by atoms with Crippen LogP contribution < -0.4 is 34.1 Å². The number of hydrogen-bond acceptors (Lipinski definition) is 5. The van der Waals surface area contributed by atoms with Crippen LogP contribution in [0.2, 0.25) is 0 Å². The van der Waals surface area contributed by atoms with Crippen molar-refractivity contribution in [3.63, 3.8) is 0 Å². The van der Waals surface area contributed by atoms with E-state index in [1.807, 2.05) is 13.8 Å². The number of carboxylic acids is 1. The Hall–Kier alpha value is -1.99. The molecular formula is C17H19IN4O5S. The summed E-state index contributed by atoms with van der Waals surface area (Å²) in [5.41, 5.74) is 6.62. The van der Waals surface area contributed by atoms with Crippen LogP contribution in [-0.4, -0.2) is 49.7 Å². The molecule has 0 aliphatic carbocycles. The first-order valence-electron chi connectivity index (χ1n) is 8.46. The van der Waals surface area contributed by atoms with Gasteiger partial charge in [0.05, 0.1) is 22.9 Å². The van der Waals surface area contributed by atoms with Crippen LogP contribution in [0.3, 0.4) is 0 Å². The average Bonchev–Trinajstić information content (AvgIpc) is 3.18. The van der Waals surface area contributed by atoms with Crippen molar-refractivity contribution in [2.75, 3.05) is 0 Å². The second-order valence-corrected chi connectivity index (χ2v) is 8.07. The minimum absolute atomic E-state index is 0. The zero-order chi connectivity index (χ0) is 19.8. The van der Waals surface area contributed by atoms with Crippen LogP contribution in [0.25, 0.3) is 10.4 Å². The van der Waals surface area contributed by atoms with Crippen molar-refractivity contribution >= 4 is 39.6 Å². The lowest BCUT2D eigenvalue weighted by molar-refractivity contribution is -0.515. The van der Waals surface area contributed by atoms with E-state index in [2.05, 4.69) is 0 Å². The van der Waals surface area contributed by atoms with Gasteiger partial charge in [0, 0.05) is 11.5 Å². The van der Waals surface area contributed by atoms with E-state index in [0.29, 0.717) is 5.57 Å². The van der Waals surface area contributed by atoms with E-state index in [-0.39, 0.29) is 47.5 Å². The average molecular weight is 518 g/mol. The maximum Gasteiger partial charge on any atom is 0.410 e. The minimum Gasteiger partial charge on any atom is -1.00 e. The normalized spacial score (nSPS) is 24.8. The molecule has 4 atom stereocenters. The van der Waals surface area contributed by atoms with Gasteiger partial charge in [-0.3, -0.25) is 4.79 Å². The van der Waals surface area contributed by atoms with Crippen LogP contribution in [0, 0.1) is 18.8 Å². The molecule has 4 N–H and O–H groups in total. The van der Waals surface area contributed by atoms with Crippen molar-refractivity contribution < 1.29 is 53.0 Å². The van der Waals surface area contributed by atoms with Gasteiger partial charge in [0.25, 0.3) is 6.33 Å². The van der Waals surface area contributed by atoms with Crippen molar-refractivity contribution in [3.05, 3.63) is 28.8 Å². The number of rotatable bonds is 3. The molecule has 1 saturated heterocycles. The number of β-lactam (4-membered cyclic amide) rings is 1. The summed E-state index contributed by atoms with van der Waals surface area (Å²) in [5, 5.41) is 19.7. The van der Waals surface area contributed by atoms with Gasteiger partial charge < -0.3 is 44.8 Å². The van der Waals surface area contributed by atoms with E-state index in [9.17, 15) is 24.6 Å². The molecule has 2 aliphatic rings. The van der Waals surface area contributed by atoms with E-state index in [4.69, 9.17) is 5.73 Å². The summed E-state index contributed by atoms with van der Waals surface area (Å²) >= 11 is 1.34. The summed E-state index contributed by atoms with van der Waals surface area (Å²) in [7, 11) is 0. The molecule has 150 valence electrons. The Morgan fingerprint density at radius 3 is 2.54 bits per heavy atom. The molecule has 1 fully saturated rings. The number of nitrogens with zero attached hydrogens (tertiary/aromatic N) is 3. The Bertz CT molecular complexity index is 1060. The molecule has 0 saturated carbocycles. The largest absolute Gasteiger partial charge is 1.00 e. The smallest absolute Gasteiger partial charge is 0.410 e. The molecule has 0 spiro atoms. The first-order valence-corrected chi connectivity index (χ1v) is 9.28. The fourth-order valence-electron chi connectivity index (χ4n) is 4.25. The predicted octanol–water partition coefficient (Wildman–Crippen LogP) is -2.82. The molecule has 0 bridgehead atoms. The number of primary amides is 1. The third-order valence-corrected chi connectivity index (χ3v) is 6.73. The summed E-state index contributed by atoms with van der Waals surface area (Å²) in [5.74, 6) is -2.36. The number of amides is 2. The highest BCUT2D eigenvalue weighted by Crippen LogP contribution is 2.51. The fraction of sp³-hybridized carbons (Fsp3) is 0.412. The number of nitrogens with two attached hydrogens (primary N) is 1. The third kappa shape index (κ3) is 2.59. The number of aromatic nitrogens is 2. The zero-order valence-corrected chi connectivity index (χ0v) is 18.3. The summed E-state index contributed by atoms with van der Waals surface area (Å²) < 4.78 is 3.03. The number of aliphatic carboxylic acids is 1. The Morgan fingerprint density at radius 1 is 1.39 bits per heavy atom. The van der Waals surface area contributed by atoms with Gasteiger partial charge in [-0.2, -0.15) is 8.97 Å². The molecule has 2 aromatic heterocycles. The van der Waals surface area contributed by atoms with Crippen LogP contribution >= 0.6 is 11.3 Å². The lowest BCUT2D eigenvalue weighted by Gasteiger charge is -2.46. The molecule has 0 unspecified atom stereocenters. The summed E-state index contributed by atoms with van der Waals surface area (Å²) in [6.45, 7) is 5.25. The zero-order valence-electron chi connectivity index (χ0n) is 15.3. The van der Waals surface area contributed by atoms with Crippen molar-refractivity contribution in [2.45, 2.75) is 32.9 Å². The number of carboxylic acid groups (broad SMARTS) is 1. The topological polar surface area (TPSA) is 130 Å². The molecule has 9 nitrogen and oxygen atoms in total. The molecule has 0 aromatic carbocycles. The van der Waals surface area contributed by atoms with Crippen LogP contribution in [0.1, 0.15) is 24.4 Å². The number of aliphatic hydroxyl groups excluding tert-OH is 1. The first-order chi connectivity index (χ1) is 12.6. The van der Waals surface area contributed by atoms with Crippen molar-refractivity contribution in [3.8, 4) is 0 Å². The standard InChI is InChI=1S/C17H18N4O5S.HI/c1-6-10(13(16(24)25)21-12(6)11(8(3)22)15(21)23)14-7(2)20-5-19(17(18)26)4-9(20)27-14;/h4-6,8,11-12,22H,1-3H3,(H2-,18,24,25,26);1H/t6-,8+,11+,12+;/m0./s1. The number of carbonyl (C=O) groups excluding carboxylic acids is 2. The van der Waals surface area contributed by atoms with Crippen LogP contribution in [-0.2, 0) is 9.59 Å². The molecule has 2 aliphatic heterocycles. The third-order valence-electron chi connectivity index (χ3n) is 5.50. The van der Waals surface area contributed by atoms with Gasteiger partial charge in [-0.25, -0.2) is 9.59 Å². The second-order valence-electron chi connectivity index (χ2n) is 7.04. The highest BCUT2D eigenvalue weighted by Gasteiger charge is 2.60. The Kier molecular flexibility index (Phi) is 5.04. The molecule has 2 aromatic rings. The molecule has 0 radical (unpaired) electrons. The Balaban J connectivity index is 0.00000225. The van der Waals surface area contributed by atoms with Gasteiger partial charge in [-0.15, -0.1) is 0 Å². The van der Waals surface area contributed by atoms with Crippen molar-refractivity contribution in [1.29, 1.82) is 0 Å². The van der Waals surface area contributed by atoms with Gasteiger partial charge in [-0.1, -0.05) is 18.3 Å². The van der Waals surface area contributed by atoms with Gasteiger partial charge >= 0.3 is 12.0 Å². The van der Waals surface area contributed by atoms with Gasteiger partial charge in [0.2, 0.25) is 10.7 Å². The number of imidazole rings is 1. The highest BCUT2D eigenvalue weighted by molar-refractivity contribution is 7.18. The van der Waals surface area contributed by atoms with E-state index in [0.717, 1.165) is 15.4 Å². The maximum absolute atomic E-state index is 12.5. The van der Waals surface area contributed by atoms with Crippen LogP contribution in [0.15, 0.2) is 18.2 Å². The lowest BCUT2D eigenvalue weighted by Crippen LogP contribution is -3.00.